The van der Waals surface area contributed by atoms with Crippen molar-refractivity contribution in [1.82, 2.24) is 9.62 Å². The van der Waals surface area contributed by atoms with Crippen molar-refractivity contribution in [2.75, 3.05) is 12.6 Å². The Labute approximate surface area is 192 Å². The third-order valence-corrected chi connectivity index (χ3v) is 7.61. The monoisotopic (exact) mass is 473 g/mol. The van der Waals surface area contributed by atoms with Crippen LogP contribution in [0.3, 0.4) is 0 Å². The molecule has 174 valence electrons. The molecular weight excluding hydrogens is 448 g/mol. The second kappa shape index (κ2) is 8.84. The fourth-order valence-electron chi connectivity index (χ4n) is 4.78. The molecule has 1 aliphatic heterocycles. The number of nitriles is 1. The van der Waals surface area contributed by atoms with Crippen molar-refractivity contribution in [3.63, 3.8) is 0 Å². The molecule has 1 saturated heterocycles. The maximum Gasteiger partial charge on any atom is 0.241 e. The molecule has 1 N–H and O–H groups in total. The summed E-state index contributed by atoms with van der Waals surface area (Å²) in [6.45, 7) is 1.73. The van der Waals surface area contributed by atoms with Crippen molar-refractivity contribution in [3.05, 3.63) is 59.9 Å². The molecule has 0 radical (unpaired) electrons. The zero-order valence-electron chi connectivity index (χ0n) is 18.2. The average molecular weight is 474 g/mol. The highest BCUT2D eigenvalue weighted by molar-refractivity contribution is 7.89. The molecule has 1 saturated carbocycles. The number of nitrogens with zero attached hydrogens (tertiary/aromatic N) is 2. The van der Waals surface area contributed by atoms with Crippen LogP contribution in [0.5, 0.6) is 0 Å². The van der Waals surface area contributed by atoms with Gasteiger partial charge in [0, 0.05) is 23.6 Å². The number of rotatable bonds is 7. The van der Waals surface area contributed by atoms with Crippen molar-refractivity contribution in [2.45, 2.75) is 38.3 Å². The van der Waals surface area contributed by atoms with Crippen LogP contribution in [0.15, 0.2) is 48.5 Å². The highest BCUT2D eigenvalue weighted by atomic mass is 32.2. The second-order valence-electron chi connectivity index (χ2n) is 8.91. The van der Waals surface area contributed by atoms with Crippen LogP contribution < -0.4 is 4.72 Å². The first-order valence-electron chi connectivity index (χ1n) is 10.8. The summed E-state index contributed by atoms with van der Waals surface area (Å²) in [5.74, 6) is -1.82. The fraction of sp³-hybridized carbons (Fsp3) is 0.417. The maximum absolute atomic E-state index is 15.5. The second-order valence-corrected chi connectivity index (χ2v) is 10.6. The number of hydrogen-bond donors (Lipinski definition) is 1. The summed E-state index contributed by atoms with van der Waals surface area (Å²) >= 11 is 0. The van der Waals surface area contributed by atoms with Gasteiger partial charge in [-0.3, -0.25) is 4.79 Å². The number of nitrogens with one attached hydrogen (secondary N) is 1. The lowest BCUT2D eigenvalue weighted by atomic mass is 9.91. The quantitative estimate of drug-likeness (QED) is 0.667. The van der Waals surface area contributed by atoms with Gasteiger partial charge < -0.3 is 4.90 Å². The van der Waals surface area contributed by atoms with Crippen molar-refractivity contribution < 1.29 is 22.0 Å². The van der Waals surface area contributed by atoms with Crippen molar-refractivity contribution in [2.24, 2.45) is 11.3 Å². The van der Waals surface area contributed by atoms with Crippen molar-refractivity contribution in [3.8, 4) is 17.2 Å². The Kier molecular flexibility index (Phi) is 6.25. The van der Waals surface area contributed by atoms with E-state index in [0.717, 1.165) is 0 Å². The van der Waals surface area contributed by atoms with Gasteiger partial charge in [0.05, 0.1) is 12.1 Å². The van der Waals surface area contributed by atoms with Crippen molar-refractivity contribution >= 4 is 15.9 Å². The molecule has 1 aliphatic carbocycles. The van der Waals surface area contributed by atoms with Crippen LogP contribution in [0.4, 0.5) is 8.78 Å². The molecule has 1 spiro atoms. The minimum atomic E-state index is -4.21. The van der Waals surface area contributed by atoms with Gasteiger partial charge in [0.15, 0.2) is 0 Å². The third-order valence-electron chi connectivity index (χ3n) is 6.71. The smallest absolute Gasteiger partial charge is 0.241 e. The topological polar surface area (TPSA) is 90.3 Å². The van der Waals surface area contributed by atoms with E-state index in [9.17, 15) is 22.9 Å². The molecule has 33 heavy (non-hydrogen) atoms. The molecule has 3 atom stereocenters. The number of hydrogen-bond acceptors (Lipinski definition) is 4. The molecule has 6 nitrogen and oxygen atoms in total. The van der Waals surface area contributed by atoms with Gasteiger partial charge in [0.25, 0.3) is 0 Å². The minimum Gasteiger partial charge on any atom is -0.336 e. The molecule has 0 bridgehead atoms. The molecule has 2 aromatic rings. The highest BCUT2D eigenvalue weighted by Crippen LogP contribution is 2.55. The Morgan fingerprint density at radius 2 is 1.94 bits per heavy atom. The number of carbonyl (C=O) groups is 1. The summed E-state index contributed by atoms with van der Waals surface area (Å²) in [6, 6.07) is 12.9. The van der Waals surface area contributed by atoms with E-state index in [0.29, 0.717) is 29.5 Å². The lowest BCUT2D eigenvalue weighted by Crippen LogP contribution is -2.50. The van der Waals surface area contributed by atoms with E-state index in [4.69, 9.17) is 0 Å². The van der Waals surface area contributed by atoms with Gasteiger partial charge in [-0.2, -0.15) is 5.26 Å². The van der Waals surface area contributed by atoms with E-state index in [2.05, 4.69) is 4.72 Å². The third kappa shape index (κ3) is 4.50. The molecule has 2 aliphatic rings. The number of likely N-dealkylation sites (tertiary alicyclic amines) is 1. The molecule has 0 aromatic heterocycles. The zero-order chi connectivity index (χ0) is 23.8. The van der Waals surface area contributed by atoms with Crippen LogP contribution in [0.25, 0.3) is 11.1 Å². The molecule has 1 amide bonds. The number of carbonyl (C=O) groups excluding carboxylic acids is 1. The van der Waals surface area contributed by atoms with Crippen LogP contribution in [0.2, 0.25) is 0 Å². The molecule has 0 unspecified atom stereocenters. The Hall–Kier alpha value is -2.83. The van der Waals surface area contributed by atoms with Gasteiger partial charge in [0.1, 0.15) is 11.7 Å². The van der Waals surface area contributed by atoms with Crippen LogP contribution >= 0.6 is 0 Å². The first kappa shape index (κ1) is 23.3. The first-order valence-corrected chi connectivity index (χ1v) is 12.5. The number of alkyl halides is 1. The summed E-state index contributed by atoms with van der Waals surface area (Å²) in [6.07, 6.45) is 1.37. The van der Waals surface area contributed by atoms with E-state index >= 15 is 4.39 Å². The summed E-state index contributed by atoms with van der Waals surface area (Å²) in [5.41, 5.74) is 0.899. The number of sulfonamides is 1. The Balaban J connectivity index is 1.73. The largest absolute Gasteiger partial charge is 0.336 e. The summed E-state index contributed by atoms with van der Waals surface area (Å²) in [5, 5.41) is 9.27. The van der Waals surface area contributed by atoms with Gasteiger partial charge >= 0.3 is 0 Å². The Morgan fingerprint density at radius 1 is 1.24 bits per heavy atom. The molecule has 2 fully saturated rings. The van der Waals surface area contributed by atoms with E-state index < -0.39 is 51.2 Å². The van der Waals surface area contributed by atoms with Crippen LogP contribution in [0.1, 0.15) is 25.3 Å². The molecule has 4 rings (SSSR count). The maximum atomic E-state index is 15.5. The van der Waals surface area contributed by atoms with Gasteiger partial charge in [-0.05, 0) is 37.3 Å². The van der Waals surface area contributed by atoms with E-state index in [1.807, 2.05) is 12.1 Å². The van der Waals surface area contributed by atoms with Crippen LogP contribution in [0, 0.1) is 28.5 Å². The highest BCUT2D eigenvalue weighted by Gasteiger charge is 2.61. The van der Waals surface area contributed by atoms with Crippen molar-refractivity contribution in [1.29, 1.82) is 5.26 Å². The lowest BCUT2D eigenvalue weighted by Gasteiger charge is -2.30. The molecule has 2 aromatic carbocycles. The fourth-order valence-corrected chi connectivity index (χ4v) is 5.63. The zero-order valence-corrected chi connectivity index (χ0v) is 19.0. The van der Waals surface area contributed by atoms with E-state index in [-0.39, 0.29) is 13.0 Å². The van der Waals surface area contributed by atoms with Gasteiger partial charge in [-0.1, -0.05) is 48.5 Å². The first-order chi connectivity index (χ1) is 15.7. The van der Waals surface area contributed by atoms with Gasteiger partial charge in [-0.25, -0.2) is 21.9 Å². The van der Waals surface area contributed by atoms with Gasteiger partial charge in [-0.15, -0.1) is 0 Å². The lowest BCUT2D eigenvalue weighted by molar-refractivity contribution is -0.134. The van der Waals surface area contributed by atoms with E-state index in [1.165, 1.54) is 11.8 Å². The van der Waals surface area contributed by atoms with Gasteiger partial charge in [0.2, 0.25) is 21.9 Å². The normalized spacial score (nSPS) is 22.2. The summed E-state index contributed by atoms with van der Waals surface area (Å²) in [7, 11) is -4.21. The standard InChI is InChI=1S/C24H25F2N3O3S/c1-16(13-27)23(30)29-14-24(10-11-24)22(28-33(31,32)15-25)20(29)12-18-8-5-9-19(21(18)26)17-6-3-2-4-7-17/h2-9,16,20,22,28H,10-12,14-15H2,1H3/t16-,20-,22+/m0/s1. The Morgan fingerprint density at radius 3 is 2.55 bits per heavy atom. The number of benzene rings is 2. The molecule has 9 heteroatoms. The summed E-state index contributed by atoms with van der Waals surface area (Å²) in [4.78, 5) is 14.5. The SMILES string of the molecule is C[C@@H](C#N)C(=O)N1CC2(CC2)[C@H](NS(=O)(=O)CF)[C@@H]1Cc1cccc(-c2ccccc2)c1F. The minimum absolute atomic E-state index is 0.0393. The van der Waals surface area contributed by atoms with Crippen LogP contribution in [-0.4, -0.2) is 43.9 Å². The predicted molar refractivity (Wildman–Crippen MR) is 119 cm³/mol. The number of halogens is 2. The predicted octanol–water partition coefficient (Wildman–Crippen LogP) is 3.40. The Bertz CT molecular complexity index is 1190. The average Bonchev–Trinajstić information content (AvgIpc) is 3.55. The summed E-state index contributed by atoms with van der Waals surface area (Å²) < 4.78 is 55.4. The number of amides is 1. The van der Waals surface area contributed by atoms with E-state index in [1.54, 1.807) is 42.5 Å². The molecule has 1 heterocycles. The van der Waals surface area contributed by atoms with Crippen LogP contribution in [-0.2, 0) is 21.2 Å². The molecular formula is C24H25F2N3O3S.